The number of anilines is 1. The number of nitrogens with one attached hydrogen (secondary N) is 1. The van der Waals surface area contributed by atoms with Crippen molar-refractivity contribution < 1.29 is 23.1 Å². The summed E-state index contributed by atoms with van der Waals surface area (Å²) in [5, 5.41) is 12.1. The highest BCUT2D eigenvalue weighted by atomic mass is 32.2. The molecule has 1 aromatic carbocycles. The molecule has 10 heteroatoms. The molecule has 0 bridgehead atoms. The highest BCUT2D eigenvalue weighted by Gasteiger charge is 2.20. The monoisotopic (exact) mass is 438 g/mol. The van der Waals surface area contributed by atoms with E-state index >= 15 is 0 Å². The molecule has 0 radical (unpaired) electrons. The van der Waals surface area contributed by atoms with Gasteiger partial charge in [0, 0.05) is 11.8 Å². The quantitative estimate of drug-likeness (QED) is 0.433. The molecule has 1 aliphatic rings. The van der Waals surface area contributed by atoms with Gasteiger partial charge in [-0.05, 0) is 37.3 Å². The number of carbonyl (C=O) groups is 1. The van der Waals surface area contributed by atoms with Crippen LogP contribution < -0.4 is 14.8 Å². The maximum atomic E-state index is 12.5. The van der Waals surface area contributed by atoms with Crippen molar-refractivity contribution in [3.8, 4) is 22.9 Å². The molecule has 158 valence electrons. The first kappa shape index (κ1) is 19.3. The van der Waals surface area contributed by atoms with Crippen LogP contribution in [0.25, 0.3) is 11.4 Å². The first-order valence-corrected chi connectivity index (χ1v) is 10.5. The third-order valence-corrected chi connectivity index (χ3v) is 5.67. The molecule has 1 amide bonds. The second-order valence-electron chi connectivity index (χ2n) is 6.77. The molecule has 1 N–H and O–H groups in total. The van der Waals surface area contributed by atoms with Crippen molar-refractivity contribution in [1.29, 1.82) is 0 Å². The minimum Gasteiger partial charge on any atom is -0.469 e. The van der Waals surface area contributed by atoms with E-state index in [1.165, 1.54) is 11.8 Å². The van der Waals surface area contributed by atoms with Crippen LogP contribution in [0.3, 0.4) is 0 Å². The van der Waals surface area contributed by atoms with Gasteiger partial charge in [-0.3, -0.25) is 9.36 Å². The zero-order valence-corrected chi connectivity index (χ0v) is 17.3. The summed E-state index contributed by atoms with van der Waals surface area (Å²) in [6, 6.07) is 10.8. The van der Waals surface area contributed by atoms with Gasteiger partial charge in [-0.25, -0.2) is 0 Å². The van der Waals surface area contributed by atoms with Crippen LogP contribution in [0.15, 0.2) is 62.9 Å². The second kappa shape index (κ2) is 8.23. The first-order chi connectivity index (χ1) is 15.2. The molecule has 0 aliphatic carbocycles. The summed E-state index contributed by atoms with van der Waals surface area (Å²) in [6.07, 6.45) is 3.23. The van der Waals surface area contributed by atoms with Gasteiger partial charge < -0.3 is 23.6 Å². The Morgan fingerprint density at radius 3 is 2.84 bits per heavy atom. The number of nitrogens with zero attached hydrogens (tertiary/aromatic N) is 3. The van der Waals surface area contributed by atoms with Crippen molar-refractivity contribution in [3.63, 3.8) is 0 Å². The fourth-order valence-corrected chi connectivity index (χ4v) is 3.95. The molecular formula is C21H18N4O5S. The van der Waals surface area contributed by atoms with Crippen molar-refractivity contribution in [3.05, 3.63) is 60.4 Å². The lowest BCUT2D eigenvalue weighted by molar-refractivity contribution is -0.113. The number of benzene rings is 1. The van der Waals surface area contributed by atoms with Crippen LogP contribution >= 0.6 is 11.8 Å². The van der Waals surface area contributed by atoms with Gasteiger partial charge in [-0.2, -0.15) is 0 Å². The Balaban J connectivity index is 1.32. The maximum Gasteiger partial charge on any atom is 0.234 e. The molecule has 4 aromatic rings. The van der Waals surface area contributed by atoms with E-state index in [0.717, 1.165) is 17.1 Å². The van der Waals surface area contributed by atoms with Gasteiger partial charge in [0.15, 0.2) is 22.5 Å². The van der Waals surface area contributed by atoms with Crippen LogP contribution in [-0.4, -0.2) is 33.2 Å². The third-order valence-electron chi connectivity index (χ3n) is 4.70. The standard InChI is InChI=1S/C21H18N4O5S/c1-13-16(6-8-27-13)20-23-24-21(25(20)10-15-3-2-7-28-15)31-11-19(26)22-14-4-5-17-18(9-14)30-12-29-17/h2-9H,10-12H2,1H3,(H,22,26). The Hall–Kier alpha value is -3.66. The zero-order valence-electron chi connectivity index (χ0n) is 16.5. The van der Waals surface area contributed by atoms with Gasteiger partial charge in [0.2, 0.25) is 12.7 Å². The molecular weight excluding hydrogens is 420 g/mol. The molecule has 9 nitrogen and oxygen atoms in total. The van der Waals surface area contributed by atoms with Crippen LogP contribution in [0.1, 0.15) is 11.5 Å². The second-order valence-corrected chi connectivity index (χ2v) is 7.71. The lowest BCUT2D eigenvalue weighted by atomic mass is 10.2. The Morgan fingerprint density at radius 2 is 2.03 bits per heavy atom. The third kappa shape index (κ3) is 4.02. The van der Waals surface area contributed by atoms with Gasteiger partial charge in [-0.15, -0.1) is 10.2 Å². The normalized spacial score (nSPS) is 12.3. The van der Waals surface area contributed by atoms with Crippen molar-refractivity contribution in [2.45, 2.75) is 18.6 Å². The first-order valence-electron chi connectivity index (χ1n) is 9.50. The van der Waals surface area contributed by atoms with E-state index in [2.05, 4.69) is 15.5 Å². The number of carbonyl (C=O) groups excluding carboxylic acids is 1. The fourth-order valence-electron chi connectivity index (χ4n) is 3.21. The van der Waals surface area contributed by atoms with Crippen LogP contribution in [0.2, 0.25) is 0 Å². The van der Waals surface area contributed by atoms with Gasteiger partial charge in [0.1, 0.15) is 11.5 Å². The molecule has 0 fully saturated rings. The predicted octanol–water partition coefficient (Wildman–Crippen LogP) is 3.95. The predicted molar refractivity (Wildman–Crippen MR) is 112 cm³/mol. The smallest absolute Gasteiger partial charge is 0.234 e. The minimum atomic E-state index is -0.169. The topological polar surface area (TPSA) is 105 Å². The van der Waals surface area contributed by atoms with E-state index in [1.54, 1.807) is 30.7 Å². The molecule has 31 heavy (non-hydrogen) atoms. The van der Waals surface area contributed by atoms with E-state index in [9.17, 15) is 4.79 Å². The zero-order chi connectivity index (χ0) is 21.2. The Kier molecular flexibility index (Phi) is 5.13. The number of thioether (sulfide) groups is 1. The van der Waals surface area contributed by atoms with Gasteiger partial charge in [-0.1, -0.05) is 11.8 Å². The van der Waals surface area contributed by atoms with Crippen molar-refractivity contribution in [2.75, 3.05) is 17.9 Å². The van der Waals surface area contributed by atoms with Crippen molar-refractivity contribution in [1.82, 2.24) is 14.8 Å². The maximum absolute atomic E-state index is 12.5. The molecule has 4 heterocycles. The summed E-state index contributed by atoms with van der Waals surface area (Å²) < 4.78 is 23.5. The highest BCUT2D eigenvalue weighted by molar-refractivity contribution is 7.99. The Labute approximate surface area is 181 Å². The van der Waals surface area contributed by atoms with Gasteiger partial charge in [0.05, 0.1) is 30.4 Å². The summed E-state index contributed by atoms with van der Waals surface area (Å²) >= 11 is 1.29. The molecule has 0 atom stereocenters. The van der Waals surface area contributed by atoms with Crippen LogP contribution in [0.4, 0.5) is 5.69 Å². The van der Waals surface area contributed by atoms with Crippen LogP contribution in [0.5, 0.6) is 11.5 Å². The number of hydrogen-bond donors (Lipinski definition) is 1. The molecule has 3 aromatic heterocycles. The van der Waals surface area contributed by atoms with Gasteiger partial charge in [0.25, 0.3) is 0 Å². The van der Waals surface area contributed by atoms with Crippen molar-refractivity contribution in [2.24, 2.45) is 0 Å². The number of rotatable bonds is 7. The Morgan fingerprint density at radius 1 is 1.13 bits per heavy atom. The number of aromatic nitrogens is 3. The largest absolute Gasteiger partial charge is 0.469 e. The van der Waals surface area contributed by atoms with E-state index in [-0.39, 0.29) is 18.5 Å². The van der Waals surface area contributed by atoms with E-state index in [4.69, 9.17) is 18.3 Å². The summed E-state index contributed by atoms with van der Waals surface area (Å²) in [4.78, 5) is 12.5. The average molecular weight is 438 g/mol. The molecule has 5 rings (SSSR count). The Bertz CT molecular complexity index is 1210. The molecule has 1 aliphatic heterocycles. The highest BCUT2D eigenvalue weighted by Crippen LogP contribution is 2.34. The van der Waals surface area contributed by atoms with Crippen LogP contribution in [0, 0.1) is 6.92 Å². The number of hydrogen-bond acceptors (Lipinski definition) is 8. The fraction of sp³-hybridized carbons (Fsp3) is 0.190. The summed E-state index contributed by atoms with van der Waals surface area (Å²) in [7, 11) is 0. The summed E-state index contributed by atoms with van der Waals surface area (Å²) in [5.41, 5.74) is 1.48. The summed E-state index contributed by atoms with van der Waals surface area (Å²) in [5.74, 6) is 3.43. The minimum absolute atomic E-state index is 0.162. The van der Waals surface area contributed by atoms with E-state index < -0.39 is 0 Å². The van der Waals surface area contributed by atoms with E-state index in [0.29, 0.717) is 34.7 Å². The number of ether oxygens (including phenoxy) is 2. The van der Waals surface area contributed by atoms with Gasteiger partial charge >= 0.3 is 0 Å². The molecule has 0 unspecified atom stereocenters. The molecule has 0 saturated carbocycles. The lowest BCUT2D eigenvalue weighted by Crippen LogP contribution is -2.14. The molecule has 0 spiro atoms. The summed E-state index contributed by atoms with van der Waals surface area (Å²) in [6.45, 7) is 2.49. The van der Waals surface area contributed by atoms with E-state index in [1.807, 2.05) is 29.7 Å². The number of furan rings is 2. The number of amides is 1. The SMILES string of the molecule is Cc1occc1-c1nnc(SCC(=O)Nc2ccc3c(c2)OCO3)n1Cc1ccco1. The number of fused-ring (bicyclic) bond motifs is 1. The van der Waals surface area contributed by atoms with Crippen molar-refractivity contribution >= 4 is 23.4 Å². The average Bonchev–Trinajstić information content (AvgIpc) is 3.55. The van der Waals surface area contributed by atoms with Crippen LogP contribution in [-0.2, 0) is 11.3 Å². The molecule has 0 saturated heterocycles. The lowest BCUT2D eigenvalue weighted by Gasteiger charge is -2.09. The number of aryl methyl sites for hydroxylation is 1.